The smallest absolute Gasteiger partial charge is 0.410 e. The molecule has 0 aliphatic carbocycles. The lowest BCUT2D eigenvalue weighted by Gasteiger charge is -2.32. The zero-order valence-corrected chi connectivity index (χ0v) is 14.5. The van der Waals surface area contributed by atoms with Gasteiger partial charge in [0.1, 0.15) is 11.4 Å². The first kappa shape index (κ1) is 16.6. The number of piperidine rings is 1. The Hall–Kier alpha value is -2.30. The van der Waals surface area contributed by atoms with E-state index in [9.17, 15) is 4.79 Å². The molecule has 0 spiro atoms. The minimum atomic E-state index is -0.440. The summed E-state index contributed by atoms with van der Waals surface area (Å²) in [5.74, 6) is 1.29. The van der Waals surface area contributed by atoms with E-state index < -0.39 is 5.60 Å². The molecule has 0 radical (unpaired) electrons. The first-order chi connectivity index (χ1) is 11.4. The number of fused-ring (bicyclic) bond motifs is 1. The average molecular weight is 328 g/mol. The highest BCUT2D eigenvalue weighted by Crippen LogP contribution is 2.23. The SMILES string of the molecule is CC(C)(C)OC(=O)N1CCC(C=Cc2cc3ccncc3o2)CC1. The Labute approximate surface area is 142 Å². The Balaban J connectivity index is 1.54. The van der Waals surface area contributed by atoms with Crippen LogP contribution in [0.25, 0.3) is 17.0 Å². The molecule has 128 valence electrons. The van der Waals surface area contributed by atoms with E-state index in [1.807, 2.05) is 39.0 Å². The maximum atomic E-state index is 12.1. The molecule has 0 saturated carbocycles. The van der Waals surface area contributed by atoms with E-state index in [2.05, 4.69) is 11.1 Å². The van der Waals surface area contributed by atoms with E-state index >= 15 is 0 Å². The van der Waals surface area contributed by atoms with Crippen LogP contribution in [-0.4, -0.2) is 34.7 Å². The number of ether oxygens (including phenoxy) is 1. The van der Waals surface area contributed by atoms with E-state index in [1.54, 1.807) is 17.3 Å². The summed E-state index contributed by atoms with van der Waals surface area (Å²) in [6, 6.07) is 3.96. The van der Waals surface area contributed by atoms with E-state index in [1.165, 1.54) is 0 Å². The van der Waals surface area contributed by atoms with Crippen LogP contribution >= 0.6 is 0 Å². The number of nitrogens with zero attached hydrogens (tertiary/aromatic N) is 2. The molecule has 1 aliphatic heterocycles. The molecule has 2 aromatic rings. The van der Waals surface area contributed by atoms with Crippen LogP contribution in [0.1, 0.15) is 39.4 Å². The molecule has 5 heteroatoms. The second-order valence-corrected chi connectivity index (χ2v) is 7.23. The minimum Gasteiger partial charge on any atom is -0.455 e. The lowest BCUT2D eigenvalue weighted by Crippen LogP contribution is -2.41. The van der Waals surface area contributed by atoms with Gasteiger partial charge in [0.15, 0.2) is 5.58 Å². The van der Waals surface area contributed by atoms with Crippen LogP contribution in [0.3, 0.4) is 0 Å². The van der Waals surface area contributed by atoms with Crippen molar-refractivity contribution in [2.24, 2.45) is 5.92 Å². The quantitative estimate of drug-likeness (QED) is 0.815. The van der Waals surface area contributed by atoms with Crippen molar-refractivity contribution in [3.05, 3.63) is 36.4 Å². The van der Waals surface area contributed by atoms with Crippen LogP contribution in [0.15, 0.2) is 35.0 Å². The molecule has 0 bridgehead atoms. The van der Waals surface area contributed by atoms with Gasteiger partial charge in [-0.25, -0.2) is 4.79 Å². The van der Waals surface area contributed by atoms with Gasteiger partial charge in [0.25, 0.3) is 0 Å². The monoisotopic (exact) mass is 328 g/mol. The van der Waals surface area contributed by atoms with Gasteiger partial charge >= 0.3 is 6.09 Å². The molecule has 2 aromatic heterocycles. The summed E-state index contributed by atoms with van der Waals surface area (Å²) in [7, 11) is 0. The number of carbonyl (C=O) groups is 1. The van der Waals surface area contributed by atoms with Crippen molar-refractivity contribution < 1.29 is 13.9 Å². The summed E-state index contributed by atoms with van der Waals surface area (Å²) in [6.07, 6.45) is 9.36. The van der Waals surface area contributed by atoms with Gasteiger partial charge in [0.2, 0.25) is 0 Å². The number of pyridine rings is 1. The lowest BCUT2D eigenvalue weighted by molar-refractivity contribution is 0.0197. The molecule has 0 N–H and O–H groups in total. The average Bonchev–Trinajstić information content (AvgIpc) is 2.94. The van der Waals surface area contributed by atoms with Gasteiger partial charge in [-0.15, -0.1) is 0 Å². The lowest BCUT2D eigenvalue weighted by atomic mass is 9.96. The molecule has 1 fully saturated rings. The summed E-state index contributed by atoms with van der Waals surface area (Å²) in [5, 5.41) is 1.06. The minimum absolute atomic E-state index is 0.213. The molecule has 1 aliphatic rings. The molecule has 3 heterocycles. The number of amides is 1. The first-order valence-corrected chi connectivity index (χ1v) is 8.40. The molecule has 3 rings (SSSR count). The molecule has 24 heavy (non-hydrogen) atoms. The van der Waals surface area contributed by atoms with Crippen molar-refractivity contribution >= 4 is 23.1 Å². The Kier molecular flexibility index (Phi) is 4.60. The zero-order valence-electron chi connectivity index (χ0n) is 14.5. The maximum Gasteiger partial charge on any atom is 0.410 e. The van der Waals surface area contributed by atoms with Gasteiger partial charge in [-0.1, -0.05) is 6.08 Å². The standard InChI is InChI=1S/C19H24N2O3/c1-19(2,3)24-18(22)21-10-7-14(8-11-21)4-5-16-12-15-6-9-20-13-17(15)23-16/h4-6,9,12-14H,7-8,10-11H2,1-3H3. The maximum absolute atomic E-state index is 12.1. The third-order valence-corrected chi connectivity index (χ3v) is 4.07. The molecule has 0 atom stereocenters. The summed E-state index contributed by atoms with van der Waals surface area (Å²) >= 11 is 0. The summed E-state index contributed by atoms with van der Waals surface area (Å²) in [6.45, 7) is 7.14. The summed E-state index contributed by atoms with van der Waals surface area (Å²) < 4.78 is 11.2. The number of likely N-dealkylation sites (tertiary alicyclic amines) is 1. The highest BCUT2D eigenvalue weighted by molar-refractivity contribution is 5.78. The molecule has 1 amide bonds. The Morgan fingerprint density at radius 1 is 1.38 bits per heavy atom. The van der Waals surface area contributed by atoms with Crippen LogP contribution in [0.5, 0.6) is 0 Å². The highest BCUT2D eigenvalue weighted by atomic mass is 16.6. The number of hydrogen-bond donors (Lipinski definition) is 0. The number of allylic oxidation sites excluding steroid dienone is 1. The van der Waals surface area contributed by atoms with E-state index in [0.29, 0.717) is 5.92 Å². The fourth-order valence-electron chi connectivity index (χ4n) is 2.82. The van der Waals surface area contributed by atoms with Crippen molar-refractivity contribution in [3.63, 3.8) is 0 Å². The normalized spacial score (nSPS) is 16.9. The fraction of sp³-hybridized carbons (Fsp3) is 0.474. The molecular weight excluding hydrogens is 304 g/mol. The summed E-state index contributed by atoms with van der Waals surface area (Å²) in [4.78, 5) is 17.9. The van der Waals surface area contributed by atoms with Gasteiger partial charge in [-0.05, 0) is 57.7 Å². The Morgan fingerprint density at radius 3 is 2.79 bits per heavy atom. The number of hydrogen-bond acceptors (Lipinski definition) is 4. The second kappa shape index (κ2) is 6.67. The van der Waals surface area contributed by atoms with Crippen molar-refractivity contribution in [3.8, 4) is 0 Å². The predicted octanol–water partition coefficient (Wildman–Crippen LogP) is 4.49. The Morgan fingerprint density at radius 2 is 2.12 bits per heavy atom. The fourth-order valence-corrected chi connectivity index (χ4v) is 2.82. The van der Waals surface area contributed by atoms with Crippen LogP contribution in [0.2, 0.25) is 0 Å². The molecule has 1 saturated heterocycles. The number of aromatic nitrogens is 1. The topological polar surface area (TPSA) is 55.6 Å². The second-order valence-electron chi connectivity index (χ2n) is 7.23. The van der Waals surface area contributed by atoms with Gasteiger partial charge < -0.3 is 14.1 Å². The summed E-state index contributed by atoms with van der Waals surface area (Å²) in [5.41, 5.74) is 0.362. The van der Waals surface area contributed by atoms with Crippen LogP contribution in [0, 0.1) is 5.92 Å². The van der Waals surface area contributed by atoms with E-state index in [4.69, 9.17) is 9.15 Å². The van der Waals surface area contributed by atoms with Crippen LogP contribution in [0.4, 0.5) is 4.79 Å². The van der Waals surface area contributed by atoms with Gasteiger partial charge in [-0.2, -0.15) is 0 Å². The molecule has 5 nitrogen and oxygen atoms in total. The van der Waals surface area contributed by atoms with Gasteiger partial charge in [0.05, 0.1) is 6.20 Å². The van der Waals surface area contributed by atoms with Crippen molar-refractivity contribution in [2.45, 2.75) is 39.2 Å². The van der Waals surface area contributed by atoms with Gasteiger partial charge in [0, 0.05) is 24.7 Å². The van der Waals surface area contributed by atoms with Crippen molar-refractivity contribution in [1.82, 2.24) is 9.88 Å². The third kappa shape index (κ3) is 4.16. The van der Waals surface area contributed by atoms with Crippen molar-refractivity contribution in [1.29, 1.82) is 0 Å². The molecule has 0 aromatic carbocycles. The number of carbonyl (C=O) groups excluding carboxylic acids is 1. The Bertz CT molecular complexity index is 701. The molecule has 0 unspecified atom stereocenters. The highest BCUT2D eigenvalue weighted by Gasteiger charge is 2.25. The largest absolute Gasteiger partial charge is 0.455 e. The van der Waals surface area contributed by atoms with Crippen LogP contribution < -0.4 is 0 Å². The predicted molar refractivity (Wildman–Crippen MR) is 93.6 cm³/mol. The molecular formula is C19H24N2O3. The van der Waals surface area contributed by atoms with Crippen LogP contribution in [-0.2, 0) is 4.74 Å². The third-order valence-electron chi connectivity index (χ3n) is 4.07. The van der Waals surface area contributed by atoms with E-state index in [-0.39, 0.29) is 6.09 Å². The zero-order chi connectivity index (χ0) is 17.2. The van der Waals surface area contributed by atoms with Crippen molar-refractivity contribution in [2.75, 3.05) is 13.1 Å². The first-order valence-electron chi connectivity index (χ1n) is 8.40. The van der Waals surface area contributed by atoms with Gasteiger partial charge in [-0.3, -0.25) is 4.98 Å². The number of rotatable bonds is 2. The van der Waals surface area contributed by atoms with E-state index in [0.717, 1.165) is 42.7 Å². The number of furan rings is 1.